The largest absolute Gasteiger partial charge is 0.396 e. The Morgan fingerprint density at radius 1 is 1.12 bits per heavy atom. The molecule has 0 bridgehead atoms. The quantitative estimate of drug-likeness (QED) is 0.744. The maximum absolute atomic E-state index is 8.68. The number of rotatable bonds is 8. The van der Waals surface area contributed by atoms with E-state index >= 15 is 0 Å². The summed E-state index contributed by atoms with van der Waals surface area (Å²) in [4.78, 5) is 2.35. The summed E-state index contributed by atoms with van der Waals surface area (Å²) in [6, 6.07) is 8.37. The van der Waals surface area contributed by atoms with Crippen molar-refractivity contribution in [2.75, 3.05) is 20.2 Å². The van der Waals surface area contributed by atoms with Crippen molar-refractivity contribution in [1.82, 2.24) is 4.90 Å². The molecule has 0 saturated carbocycles. The first kappa shape index (κ1) is 14.7. The number of hydrogen-bond acceptors (Lipinski definition) is 2. The van der Waals surface area contributed by atoms with E-state index in [0.717, 1.165) is 25.9 Å². The highest BCUT2D eigenvalue weighted by molar-refractivity contribution is 9.10. The van der Waals surface area contributed by atoms with Crippen LogP contribution < -0.4 is 0 Å². The second-order valence-electron chi connectivity index (χ2n) is 4.47. The van der Waals surface area contributed by atoms with Crippen molar-refractivity contribution in [3.05, 3.63) is 34.3 Å². The molecule has 1 N–H and O–H groups in total. The summed E-state index contributed by atoms with van der Waals surface area (Å²) in [6.07, 6.45) is 4.50. The van der Waals surface area contributed by atoms with Crippen LogP contribution in [0.25, 0.3) is 0 Å². The molecular formula is C14H22BrNO. The maximum atomic E-state index is 8.68. The highest BCUT2D eigenvalue weighted by atomic mass is 79.9. The minimum Gasteiger partial charge on any atom is -0.396 e. The fourth-order valence-corrected chi connectivity index (χ4v) is 2.25. The Hall–Kier alpha value is -0.380. The molecule has 0 saturated heterocycles. The van der Waals surface area contributed by atoms with Gasteiger partial charge in [0.15, 0.2) is 0 Å². The zero-order valence-electron chi connectivity index (χ0n) is 10.5. The molecule has 0 unspecified atom stereocenters. The van der Waals surface area contributed by atoms with Crippen LogP contribution in [0.5, 0.6) is 0 Å². The van der Waals surface area contributed by atoms with Crippen molar-refractivity contribution in [1.29, 1.82) is 0 Å². The third-order valence-electron chi connectivity index (χ3n) is 2.85. The summed E-state index contributed by atoms with van der Waals surface area (Å²) < 4.78 is 1.19. The molecule has 17 heavy (non-hydrogen) atoms. The number of aliphatic hydroxyl groups is 1. The van der Waals surface area contributed by atoms with Crippen molar-refractivity contribution < 1.29 is 5.11 Å². The molecule has 0 atom stereocenters. The van der Waals surface area contributed by atoms with Crippen LogP contribution >= 0.6 is 15.9 Å². The first-order valence-electron chi connectivity index (χ1n) is 6.27. The molecule has 0 fully saturated rings. The molecule has 0 aliphatic carbocycles. The number of unbranched alkanes of at least 4 members (excludes halogenated alkanes) is 3. The Morgan fingerprint density at radius 2 is 1.82 bits per heavy atom. The summed E-state index contributed by atoms with van der Waals surface area (Å²) in [6.45, 7) is 2.43. The highest BCUT2D eigenvalue weighted by Crippen LogP contribution is 2.17. The Balaban J connectivity index is 2.21. The van der Waals surface area contributed by atoms with E-state index in [9.17, 15) is 0 Å². The average molecular weight is 300 g/mol. The maximum Gasteiger partial charge on any atom is 0.0431 e. The number of aliphatic hydroxyl groups excluding tert-OH is 1. The predicted molar refractivity (Wildman–Crippen MR) is 76.0 cm³/mol. The van der Waals surface area contributed by atoms with Crippen molar-refractivity contribution in [3.63, 3.8) is 0 Å². The van der Waals surface area contributed by atoms with E-state index in [4.69, 9.17) is 5.11 Å². The second-order valence-corrected chi connectivity index (χ2v) is 5.32. The average Bonchev–Trinajstić information content (AvgIpc) is 2.32. The molecule has 1 aromatic carbocycles. The summed E-state index contributed by atoms with van der Waals surface area (Å²) in [7, 11) is 2.16. The van der Waals surface area contributed by atoms with Crippen LogP contribution in [0.15, 0.2) is 28.7 Å². The van der Waals surface area contributed by atoms with Gasteiger partial charge in [-0.1, -0.05) is 47.0 Å². The molecule has 0 heterocycles. The minimum absolute atomic E-state index is 0.326. The van der Waals surface area contributed by atoms with Crippen molar-refractivity contribution >= 4 is 15.9 Å². The minimum atomic E-state index is 0.326. The molecule has 1 aromatic rings. The second kappa shape index (κ2) is 8.67. The lowest BCUT2D eigenvalue weighted by Crippen LogP contribution is -2.19. The van der Waals surface area contributed by atoms with Gasteiger partial charge in [0.25, 0.3) is 0 Å². The molecule has 96 valence electrons. The summed E-state index contributed by atoms with van der Waals surface area (Å²) in [5.41, 5.74) is 1.34. The lowest BCUT2D eigenvalue weighted by atomic mass is 10.2. The van der Waals surface area contributed by atoms with Gasteiger partial charge in [0, 0.05) is 17.6 Å². The third kappa shape index (κ3) is 6.20. The molecule has 0 aliphatic heterocycles. The number of halogens is 1. The van der Waals surface area contributed by atoms with E-state index in [1.807, 2.05) is 6.07 Å². The Kier molecular flexibility index (Phi) is 7.49. The van der Waals surface area contributed by atoms with Crippen molar-refractivity contribution in [2.24, 2.45) is 0 Å². The van der Waals surface area contributed by atoms with Crippen LogP contribution in [0.4, 0.5) is 0 Å². The number of nitrogens with zero attached hydrogens (tertiary/aromatic N) is 1. The van der Waals surface area contributed by atoms with E-state index in [0.29, 0.717) is 6.61 Å². The van der Waals surface area contributed by atoms with Crippen LogP contribution in [0.3, 0.4) is 0 Å². The van der Waals surface area contributed by atoms with Gasteiger partial charge in [-0.15, -0.1) is 0 Å². The summed E-state index contributed by atoms with van der Waals surface area (Å²) >= 11 is 3.57. The van der Waals surface area contributed by atoms with Gasteiger partial charge < -0.3 is 10.0 Å². The smallest absolute Gasteiger partial charge is 0.0431 e. The van der Waals surface area contributed by atoms with E-state index in [2.05, 4.69) is 46.1 Å². The van der Waals surface area contributed by atoms with Crippen LogP contribution in [0.2, 0.25) is 0 Å². The van der Waals surface area contributed by atoms with E-state index in [1.54, 1.807) is 0 Å². The topological polar surface area (TPSA) is 23.5 Å². The van der Waals surface area contributed by atoms with E-state index in [-0.39, 0.29) is 0 Å². The SMILES string of the molecule is CN(CCCCCCO)Cc1ccccc1Br. The summed E-state index contributed by atoms with van der Waals surface area (Å²) in [5.74, 6) is 0. The van der Waals surface area contributed by atoms with Gasteiger partial charge in [-0.2, -0.15) is 0 Å². The van der Waals surface area contributed by atoms with Crippen LogP contribution in [-0.4, -0.2) is 30.2 Å². The van der Waals surface area contributed by atoms with Gasteiger partial charge in [-0.3, -0.25) is 0 Å². The molecular weight excluding hydrogens is 278 g/mol. The fraction of sp³-hybridized carbons (Fsp3) is 0.571. The predicted octanol–water partition coefficient (Wildman–Crippen LogP) is 3.43. The van der Waals surface area contributed by atoms with E-state index < -0.39 is 0 Å². The van der Waals surface area contributed by atoms with Gasteiger partial charge >= 0.3 is 0 Å². The first-order valence-corrected chi connectivity index (χ1v) is 7.06. The first-order chi connectivity index (χ1) is 8.24. The molecule has 0 amide bonds. The molecule has 2 nitrogen and oxygen atoms in total. The van der Waals surface area contributed by atoms with Crippen LogP contribution in [-0.2, 0) is 6.54 Å². The van der Waals surface area contributed by atoms with Crippen molar-refractivity contribution in [2.45, 2.75) is 32.2 Å². The fourth-order valence-electron chi connectivity index (χ4n) is 1.84. The van der Waals surface area contributed by atoms with Gasteiger partial charge in [0.1, 0.15) is 0 Å². The van der Waals surface area contributed by atoms with Gasteiger partial charge in [-0.05, 0) is 38.1 Å². The zero-order valence-corrected chi connectivity index (χ0v) is 12.1. The van der Waals surface area contributed by atoms with Gasteiger partial charge in [0.2, 0.25) is 0 Å². The monoisotopic (exact) mass is 299 g/mol. The molecule has 3 heteroatoms. The third-order valence-corrected chi connectivity index (χ3v) is 3.62. The Labute approximate surface area is 113 Å². The molecule has 0 radical (unpaired) electrons. The molecule has 1 rings (SSSR count). The van der Waals surface area contributed by atoms with Crippen molar-refractivity contribution in [3.8, 4) is 0 Å². The normalized spacial score (nSPS) is 11.1. The Bertz CT molecular complexity index is 317. The Morgan fingerprint density at radius 3 is 2.53 bits per heavy atom. The van der Waals surface area contributed by atoms with Crippen LogP contribution in [0, 0.1) is 0 Å². The van der Waals surface area contributed by atoms with Gasteiger partial charge in [0.05, 0.1) is 0 Å². The van der Waals surface area contributed by atoms with Gasteiger partial charge in [-0.25, -0.2) is 0 Å². The standard InChI is InChI=1S/C14H22BrNO/c1-16(10-6-2-3-7-11-17)12-13-8-4-5-9-14(13)15/h4-5,8-9,17H,2-3,6-7,10-12H2,1H3. The zero-order chi connectivity index (χ0) is 12.5. The van der Waals surface area contributed by atoms with E-state index in [1.165, 1.54) is 22.9 Å². The highest BCUT2D eigenvalue weighted by Gasteiger charge is 2.03. The molecule has 0 spiro atoms. The lowest BCUT2D eigenvalue weighted by Gasteiger charge is -2.17. The molecule has 0 aliphatic rings. The molecule has 0 aromatic heterocycles. The lowest BCUT2D eigenvalue weighted by molar-refractivity contribution is 0.277. The number of hydrogen-bond donors (Lipinski definition) is 1. The van der Waals surface area contributed by atoms with Crippen LogP contribution in [0.1, 0.15) is 31.2 Å². The summed E-state index contributed by atoms with van der Waals surface area (Å²) in [5, 5.41) is 8.68. The number of benzene rings is 1.